The van der Waals surface area contributed by atoms with Crippen LogP contribution < -0.4 is 40.0 Å². The van der Waals surface area contributed by atoms with Crippen LogP contribution in [0.5, 0.6) is 11.5 Å². The fourth-order valence-corrected chi connectivity index (χ4v) is 13.1. The molecule has 0 aromatic heterocycles. The van der Waals surface area contributed by atoms with E-state index >= 15 is 0 Å². The number of hydrogen-bond donors (Lipinski definition) is 0. The van der Waals surface area contributed by atoms with Crippen LogP contribution >= 0.6 is 0 Å². The average Bonchev–Trinajstić information content (AvgIpc) is 3.94. The first kappa shape index (κ1) is 50.0. The van der Waals surface area contributed by atoms with E-state index < -0.39 is 18.1 Å². The van der Waals surface area contributed by atoms with Crippen LogP contribution in [0, 0.1) is 0 Å². The van der Waals surface area contributed by atoms with Gasteiger partial charge in [0.05, 0.1) is 0 Å². The topological polar surface area (TPSA) is 18.5 Å². The van der Waals surface area contributed by atoms with Crippen LogP contribution in [0.1, 0.15) is 52.7 Å². The van der Waals surface area contributed by atoms with Gasteiger partial charge >= 0.3 is 44.3 Å². The minimum atomic E-state index is -1.39. The average molecular weight is 1010 g/mol. The predicted octanol–water partition coefficient (Wildman–Crippen LogP) is 11.4. The first-order valence-corrected chi connectivity index (χ1v) is 26.9. The van der Waals surface area contributed by atoms with Crippen LogP contribution in [0.25, 0.3) is 21.5 Å². The van der Waals surface area contributed by atoms with Crippen molar-refractivity contribution in [3.8, 4) is 11.5 Å². The summed E-state index contributed by atoms with van der Waals surface area (Å²) < 4.78 is 13.8. The zero-order valence-corrected chi connectivity index (χ0v) is 45.4. The molecule has 0 amide bonds. The van der Waals surface area contributed by atoms with Gasteiger partial charge in [-0.25, -0.2) is 0 Å². The Morgan fingerprint density at radius 2 is 0.588 bits per heavy atom. The van der Waals surface area contributed by atoms with Crippen molar-refractivity contribution in [2.24, 2.45) is 0 Å². The van der Waals surface area contributed by atoms with Crippen molar-refractivity contribution in [2.45, 2.75) is 52.4 Å². The van der Waals surface area contributed by atoms with E-state index in [1.54, 1.807) is 0 Å². The molecule has 0 saturated carbocycles. The molecule has 0 bridgehead atoms. The summed E-state index contributed by atoms with van der Waals surface area (Å²) in [5.74, 6) is 2.08. The van der Waals surface area contributed by atoms with Gasteiger partial charge in [0.15, 0.2) is 0 Å². The molecule has 10 rings (SSSR count). The van der Waals surface area contributed by atoms with E-state index in [-0.39, 0.29) is 37.0 Å². The van der Waals surface area contributed by atoms with Crippen molar-refractivity contribution in [1.82, 2.24) is 0 Å². The molecule has 0 aliphatic carbocycles. The summed E-state index contributed by atoms with van der Waals surface area (Å²) in [6, 6.07) is 85.3. The van der Waals surface area contributed by atoms with Gasteiger partial charge in [0, 0.05) is 11.5 Å². The van der Waals surface area contributed by atoms with E-state index in [2.05, 4.69) is 284 Å². The molecule has 0 saturated heterocycles. The van der Waals surface area contributed by atoms with Crippen LogP contribution in [0.2, 0.25) is 0 Å². The number of rotatable bonds is 10. The molecular formula is C62H58O2Si3Zr. The summed E-state index contributed by atoms with van der Waals surface area (Å²) in [6.45, 7) is 13.5. The summed E-state index contributed by atoms with van der Waals surface area (Å²) in [6.07, 6.45) is 0. The van der Waals surface area contributed by atoms with Gasteiger partial charge in [-0.15, -0.1) is 57.9 Å². The Kier molecular flexibility index (Phi) is 17.2. The van der Waals surface area contributed by atoms with Crippen LogP contribution in [-0.4, -0.2) is 27.6 Å². The van der Waals surface area contributed by atoms with Gasteiger partial charge in [-0.05, 0) is 31.6 Å². The van der Waals surface area contributed by atoms with Crippen LogP contribution in [0.15, 0.2) is 243 Å². The molecule has 0 spiro atoms. The van der Waals surface area contributed by atoms with Crippen molar-refractivity contribution in [3.63, 3.8) is 0 Å². The Morgan fingerprint density at radius 1 is 0.338 bits per heavy atom. The molecule has 4 radical (unpaired) electrons. The summed E-state index contributed by atoms with van der Waals surface area (Å²) in [7, 11) is -2.01. The molecule has 334 valence electrons. The molecule has 0 aliphatic rings. The predicted molar refractivity (Wildman–Crippen MR) is 291 cm³/mol. The second kappa shape index (κ2) is 23.4. The molecule has 0 fully saturated rings. The molecule has 0 atom stereocenters. The molecule has 0 heterocycles. The zero-order valence-electron chi connectivity index (χ0n) is 39.9. The SMILES string of the molecule is CC(C)(C)c1cc2ccccc2[c-]1O[Si](c1ccccc1)c1ccccc1.CC(C)(C)c1cc2ccccc2[c-]1O[Si](c1ccccc1)c1ccccc1.[Zr+2].c1ccc([Si]c2ccccc2)cc1. The fraction of sp³-hybridized carbons (Fsp3) is 0.129. The molecular weight excluding hydrogens is 952 g/mol. The van der Waals surface area contributed by atoms with E-state index in [9.17, 15) is 0 Å². The molecule has 68 heavy (non-hydrogen) atoms. The van der Waals surface area contributed by atoms with E-state index in [1.165, 1.54) is 63.8 Å². The minimum Gasteiger partial charge on any atom is -0.580 e. The summed E-state index contributed by atoms with van der Waals surface area (Å²) in [5, 5.41) is 12.8. The van der Waals surface area contributed by atoms with Gasteiger partial charge in [-0.3, -0.25) is 0 Å². The quantitative estimate of drug-likeness (QED) is 0.100. The normalized spacial score (nSPS) is 11.3. The fourth-order valence-electron chi connectivity index (χ4n) is 8.07. The molecule has 10 aromatic rings. The Hall–Kier alpha value is -5.89. The summed E-state index contributed by atoms with van der Waals surface area (Å²) in [4.78, 5) is 0. The number of benzene rings is 8. The Labute approximate surface area is 429 Å². The summed E-state index contributed by atoms with van der Waals surface area (Å²) >= 11 is 0. The number of hydrogen-bond acceptors (Lipinski definition) is 2. The molecule has 10 aromatic carbocycles. The van der Waals surface area contributed by atoms with Gasteiger partial charge in [0.1, 0.15) is 9.52 Å². The Morgan fingerprint density at radius 3 is 0.868 bits per heavy atom. The monoisotopic (exact) mass is 1010 g/mol. The van der Waals surface area contributed by atoms with Gasteiger partial charge in [-0.2, -0.15) is 12.1 Å². The Balaban J connectivity index is 0.000000159. The van der Waals surface area contributed by atoms with Crippen LogP contribution in [0.3, 0.4) is 0 Å². The standard InChI is InChI=1S/2C25H24OSi.C12H10Si.Zr/c2*1-25(2,3)23-18-19-12-10-11-17-22(19)24(23)26-27(20-13-6-4-7-14-20)21-15-8-5-9-16-21;1-3-7-11(8-4-1)13-12-9-5-2-6-10-12;/h2*4-18H,1-3H3;1-10H;/q2*-1;;+2. The second-order valence-electron chi connectivity index (χ2n) is 18.6. The Bertz CT molecular complexity index is 2760. The third-order valence-electron chi connectivity index (χ3n) is 11.5. The molecule has 6 heteroatoms. The van der Waals surface area contributed by atoms with Crippen LogP contribution in [-0.2, 0) is 37.0 Å². The third-order valence-corrected chi connectivity index (χ3v) is 17.0. The van der Waals surface area contributed by atoms with Crippen LogP contribution in [0.4, 0.5) is 0 Å². The molecule has 2 nitrogen and oxygen atoms in total. The zero-order chi connectivity index (χ0) is 46.6. The first-order chi connectivity index (χ1) is 32.5. The van der Waals surface area contributed by atoms with Gasteiger partial charge in [0.2, 0.25) is 0 Å². The summed E-state index contributed by atoms with van der Waals surface area (Å²) in [5.41, 5.74) is 2.60. The van der Waals surface area contributed by atoms with Crippen molar-refractivity contribution in [3.05, 3.63) is 254 Å². The minimum absolute atomic E-state index is 0. The smallest absolute Gasteiger partial charge is 0.580 e. The number of fused-ring (bicyclic) bond motifs is 2. The van der Waals surface area contributed by atoms with E-state index in [1.807, 2.05) is 0 Å². The van der Waals surface area contributed by atoms with Crippen molar-refractivity contribution in [1.29, 1.82) is 0 Å². The first-order valence-electron chi connectivity index (χ1n) is 23.1. The van der Waals surface area contributed by atoms with Crippen molar-refractivity contribution < 1.29 is 35.1 Å². The van der Waals surface area contributed by atoms with E-state index in [4.69, 9.17) is 8.85 Å². The van der Waals surface area contributed by atoms with Gasteiger partial charge in [0.25, 0.3) is 0 Å². The van der Waals surface area contributed by atoms with E-state index in [0.29, 0.717) is 0 Å². The van der Waals surface area contributed by atoms with Crippen molar-refractivity contribution in [2.75, 3.05) is 0 Å². The largest absolute Gasteiger partial charge is 2.00 e. The maximum Gasteiger partial charge on any atom is 2.00 e. The van der Waals surface area contributed by atoms with Gasteiger partial charge < -0.3 is 8.85 Å². The molecule has 0 unspecified atom stereocenters. The maximum atomic E-state index is 6.90. The molecule has 0 aliphatic heterocycles. The second-order valence-corrected chi connectivity index (χ2v) is 24.1. The maximum absolute atomic E-state index is 6.90. The van der Waals surface area contributed by atoms with Gasteiger partial charge in [-0.1, -0.05) is 257 Å². The van der Waals surface area contributed by atoms with Crippen molar-refractivity contribution >= 4 is 80.3 Å². The van der Waals surface area contributed by atoms with E-state index in [0.717, 1.165) is 21.0 Å². The third kappa shape index (κ3) is 12.8. The molecule has 0 N–H and O–H groups in total.